The zero-order valence-corrected chi connectivity index (χ0v) is 27.7. The van der Waals surface area contributed by atoms with Crippen LogP contribution >= 0.6 is 0 Å². The molecule has 2 saturated heterocycles. The Morgan fingerprint density at radius 1 is 1.13 bits per heavy atom. The van der Waals surface area contributed by atoms with Gasteiger partial charge in [0, 0.05) is 38.3 Å². The third kappa shape index (κ3) is 8.55. The van der Waals surface area contributed by atoms with Gasteiger partial charge in [-0.2, -0.15) is 4.31 Å². The molecule has 3 aliphatic heterocycles. The van der Waals surface area contributed by atoms with Gasteiger partial charge >= 0.3 is 0 Å². The summed E-state index contributed by atoms with van der Waals surface area (Å²) in [6.07, 6.45) is 1.58. The normalized spacial score (nSPS) is 20.7. The van der Waals surface area contributed by atoms with Crippen molar-refractivity contribution >= 4 is 31.6 Å². The minimum Gasteiger partial charge on any atom is -0.491 e. The number of hydrogen-bond donors (Lipinski definition) is 4. The smallest absolute Gasteiger partial charge is 0.262 e. The molecule has 4 N–H and O–H groups in total. The summed E-state index contributed by atoms with van der Waals surface area (Å²) in [5.74, 6) is 0.444. The molecule has 2 atom stereocenters. The summed E-state index contributed by atoms with van der Waals surface area (Å²) in [5, 5.41) is 16.5. The van der Waals surface area contributed by atoms with Crippen LogP contribution in [0, 0.1) is 0 Å². The quantitative estimate of drug-likeness (QED) is 0.205. The summed E-state index contributed by atoms with van der Waals surface area (Å²) >= 11 is 0. The van der Waals surface area contributed by atoms with Crippen LogP contribution in [0.2, 0.25) is 0 Å². The third-order valence-electron chi connectivity index (χ3n) is 8.34. The van der Waals surface area contributed by atoms with Crippen molar-refractivity contribution in [3.8, 4) is 11.5 Å². The van der Waals surface area contributed by atoms with Crippen LogP contribution in [-0.4, -0.2) is 121 Å². The molecule has 0 aromatic heterocycles. The summed E-state index contributed by atoms with van der Waals surface area (Å²) in [6, 6.07) is 10.6. The van der Waals surface area contributed by atoms with Gasteiger partial charge in [0.1, 0.15) is 24.2 Å². The van der Waals surface area contributed by atoms with Crippen molar-refractivity contribution in [1.82, 2.24) is 19.2 Å². The van der Waals surface area contributed by atoms with Crippen LogP contribution < -0.4 is 24.8 Å². The number of nitrogens with zero attached hydrogens (tertiary/aromatic N) is 2. The molecule has 1 amide bonds. The molecule has 2 unspecified atom stereocenters. The number of carbonyl (C=O) groups excluding carboxylic acids is 1. The predicted octanol–water partition coefficient (Wildman–Crippen LogP) is 0.589. The first-order valence-corrected chi connectivity index (χ1v) is 18.3. The van der Waals surface area contributed by atoms with Crippen LogP contribution in [0.3, 0.4) is 0 Å². The van der Waals surface area contributed by atoms with Crippen LogP contribution in [0.1, 0.15) is 25.7 Å². The predicted molar refractivity (Wildman–Crippen MR) is 170 cm³/mol. The lowest BCUT2D eigenvalue weighted by Crippen LogP contribution is -2.47. The number of sulfonamides is 2. The Hall–Kier alpha value is -2.83. The first kappa shape index (κ1) is 34.5. The standard InChI is InChI=1S/C30H43N5O9S2/c1-34(2)12-4-11-32-45(38,39)25-6-3-5-24(15-25)42-20-23(36)18-31-22-17-30(44-19-22)9-13-35(14-10-30)46(40,41)26-7-8-28-27(16-26)33-29(37)21-43-28/h3,5-8,15-16,22-23,31-32,36H,4,9-14,17-21H2,1-2H3,(H,33,37). The zero-order valence-electron chi connectivity index (χ0n) is 26.1. The number of fused-ring (bicyclic) bond motifs is 1. The second kappa shape index (κ2) is 14.5. The Morgan fingerprint density at radius 3 is 2.67 bits per heavy atom. The second-order valence-electron chi connectivity index (χ2n) is 12.2. The van der Waals surface area contributed by atoms with Crippen molar-refractivity contribution in [2.45, 2.75) is 53.2 Å². The van der Waals surface area contributed by atoms with Crippen molar-refractivity contribution < 1.29 is 40.9 Å². The summed E-state index contributed by atoms with van der Waals surface area (Å²) in [4.78, 5) is 13.8. The molecule has 14 nitrogen and oxygen atoms in total. The van der Waals surface area contributed by atoms with Crippen LogP contribution in [0.25, 0.3) is 0 Å². The van der Waals surface area contributed by atoms with Gasteiger partial charge in [0.15, 0.2) is 6.61 Å². The van der Waals surface area contributed by atoms with Crippen LogP contribution in [0.5, 0.6) is 11.5 Å². The van der Waals surface area contributed by atoms with Gasteiger partial charge in [0.05, 0.1) is 27.7 Å². The molecule has 2 aromatic rings. The van der Waals surface area contributed by atoms with Crippen molar-refractivity contribution in [3.63, 3.8) is 0 Å². The van der Waals surface area contributed by atoms with Crippen molar-refractivity contribution in [2.24, 2.45) is 0 Å². The molecule has 3 heterocycles. The average Bonchev–Trinajstić information content (AvgIpc) is 3.42. The number of piperidine rings is 1. The van der Waals surface area contributed by atoms with E-state index in [1.807, 2.05) is 19.0 Å². The summed E-state index contributed by atoms with van der Waals surface area (Å²) < 4.78 is 73.2. The molecule has 16 heteroatoms. The van der Waals surface area contributed by atoms with E-state index in [1.54, 1.807) is 18.2 Å². The maximum Gasteiger partial charge on any atom is 0.262 e. The van der Waals surface area contributed by atoms with Gasteiger partial charge in [-0.05, 0) is 76.7 Å². The number of benzene rings is 2. The van der Waals surface area contributed by atoms with E-state index in [0.29, 0.717) is 69.1 Å². The fraction of sp³-hybridized carbons (Fsp3) is 0.567. The lowest BCUT2D eigenvalue weighted by Gasteiger charge is -2.38. The van der Waals surface area contributed by atoms with Crippen LogP contribution in [0.4, 0.5) is 5.69 Å². The Labute approximate surface area is 270 Å². The maximum absolute atomic E-state index is 13.4. The molecular weight excluding hydrogens is 638 g/mol. The Kier molecular flexibility index (Phi) is 10.9. The summed E-state index contributed by atoms with van der Waals surface area (Å²) in [7, 11) is -3.59. The topological polar surface area (TPSA) is 176 Å². The molecule has 0 aliphatic carbocycles. The molecule has 0 bridgehead atoms. The highest BCUT2D eigenvalue weighted by Crippen LogP contribution is 2.38. The van der Waals surface area contributed by atoms with E-state index in [-0.39, 0.29) is 41.5 Å². The lowest BCUT2D eigenvalue weighted by atomic mass is 9.88. The molecule has 1 spiro atoms. The minimum atomic E-state index is -3.77. The van der Waals surface area contributed by atoms with Gasteiger partial charge in [0.25, 0.3) is 5.91 Å². The fourth-order valence-electron chi connectivity index (χ4n) is 5.80. The van der Waals surface area contributed by atoms with Crippen molar-refractivity contribution in [1.29, 1.82) is 0 Å². The molecule has 0 radical (unpaired) electrons. The van der Waals surface area contributed by atoms with E-state index in [2.05, 4.69) is 15.4 Å². The van der Waals surface area contributed by atoms with E-state index in [1.165, 1.54) is 28.6 Å². The van der Waals surface area contributed by atoms with Gasteiger partial charge in [-0.15, -0.1) is 0 Å². The Morgan fingerprint density at radius 2 is 1.91 bits per heavy atom. The highest BCUT2D eigenvalue weighted by Gasteiger charge is 2.45. The maximum atomic E-state index is 13.4. The molecule has 2 aromatic carbocycles. The fourth-order valence-corrected chi connectivity index (χ4v) is 8.38. The number of rotatable bonds is 14. The third-order valence-corrected chi connectivity index (χ3v) is 11.7. The number of amides is 1. The monoisotopic (exact) mass is 681 g/mol. The highest BCUT2D eigenvalue weighted by atomic mass is 32.2. The summed E-state index contributed by atoms with van der Waals surface area (Å²) in [5.41, 5.74) is -0.109. The van der Waals surface area contributed by atoms with Crippen molar-refractivity contribution in [3.05, 3.63) is 42.5 Å². The van der Waals surface area contributed by atoms with Crippen molar-refractivity contribution in [2.75, 3.05) is 72.0 Å². The number of ether oxygens (including phenoxy) is 3. The first-order valence-electron chi connectivity index (χ1n) is 15.3. The molecule has 3 aliphatic rings. The second-order valence-corrected chi connectivity index (χ2v) is 15.9. The number of hydrogen-bond acceptors (Lipinski definition) is 11. The largest absolute Gasteiger partial charge is 0.491 e. The first-order chi connectivity index (χ1) is 21.8. The molecule has 254 valence electrons. The lowest BCUT2D eigenvalue weighted by molar-refractivity contribution is -0.118. The Bertz CT molecular complexity index is 1600. The molecular formula is C30H43N5O9S2. The molecule has 46 heavy (non-hydrogen) atoms. The molecule has 5 rings (SSSR count). The highest BCUT2D eigenvalue weighted by molar-refractivity contribution is 7.89. The van der Waals surface area contributed by atoms with Gasteiger partial charge in [-0.25, -0.2) is 21.6 Å². The minimum absolute atomic E-state index is 0.0193. The zero-order chi connectivity index (χ0) is 33.0. The average molecular weight is 682 g/mol. The number of carbonyl (C=O) groups is 1. The van der Waals surface area contributed by atoms with Crippen LogP contribution in [0.15, 0.2) is 52.3 Å². The number of aliphatic hydroxyl groups excluding tert-OH is 1. The van der Waals surface area contributed by atoms with E-state index in [4.69, 9.17) is 14.2 Å². The van der Waals surface area contributed by atoms with Gasteiger partial charge in [-0.1, -0.05) is 6.07 Å². The van der Waals surface area contributed by atoms with Gasteiger partial charge < -0.3 is 34.9 Å². The van der Waals surface area contributed by atoms with Gasteiger partial charge in [-0.3, -0.25) is 4.79 Å². The number of anilines is 1. The molecule has 2 fully saturated rings. The number of aliphatic hydroxyl groups is 1. The summed E-state index contributed by atoms with van der Waals surface area (Å²) in [6.45, 7) is 2.24. The molecule has 0 saturated carbocycles. The van der Waals surface area contributed by atoms with Crippen LogP contribution in [-0.2, 0) is 29.6 Å². The van der Waals surface area contributed by atoms with E-state index < -0.39 is 31.8 Å². The Balaban J connectivity index is 1.05. The van der Waals surface area contributed by atoms with E-state index >= 15 is 0 Å². The van der Waals surface area contributed by atoms with Gasteiger partial charge in [0.2, 0.25) is 20.0 Å². The van der Waals surface area contributed by atoms with E-state index in [0.717, 1.165) is 6.54 Å². The van der Waals surface area contributed by atoms with E-state index in [9.17, 15) is 26.7 Å². The SMILES string of the molecule is CN(C)CCCNS(=O)(=O)c1cccc(OCC(O)CNC2COC3(CCN(S(=O)(=O)c4ccc5c(c4)NC(=O)CO5)CC3)C2)c1. The number of nitrogens with one attached hydrogen (secondary N) is 3.